The van der Waals surface area contributed by atoms with Gasteiger partial charge < -0.3 is 4.74 Å². The third kappa shape index (κ3) is 4.94. The number of ether oxygens (including phenoxy) is 1. The molecular weight excluding hydrogens is 316 g/mol. The molecule has 0 heterocycles. The van der Waals surface area contributed by atoms with Gasteiger partial charge in [0.25, 0.3) is 0 Å². The van der Waals surface area contributed by atoms with Gasteiger partial charge in [0.15, 0.2) is 0 Å². The summed E-state index contributed by atoms with van der Waals surface area (Å²) in [5, 5.41) is 0. The van der Waals surface area contributed by atoms with Crippen molar-refractivity contribution in [3.63, 3.8) is 0 Å². The zero-order valence-corrected chi connectivity index (χ0v) is 14.5. The van der Waals surface area contributed by atoms with Crippen molar-refractivity contribution in [1.29, 1.82) is 0 Å². The number of para-hydroxylation sites is 2. The van der Waals surface area contributed by atoms with E-state index in [1.54, 1.807) is 23.8 Å². The zero-order valence-electron chi connectivity index (χ0n) is 14.5. The topological polar surface area (TPSA) is 49.9 Å². The highest BCUT2D eigenvalue weighted by Gasteiger charge is 2.21. The highest BCUT2D eigenvalue weighted by atomic mass is 16.5. The number of urea groups is 1. The standard InChI is InChI=1S/C20H22N2O3/c1-16(2)19(23)25-15-14-22(18-12-8-5-9-13-18)20(24)21(3)17-10-6-4-7-11-17/h4-13H,1,14-15H2,2-3H3. The largest absolute Gasteiger partial charge is 0.460 e. The lowest BCUT2D eigenvalue weighted by molar-refractivity contribution is -0.138. The fourth-order valence-corrected chi connectivity index (χ4v) is 2.24. The summed E-state index contributed by atoms with van der Waals surface area (Å²) in [6, 6.07) is 18.5. The molecule has 0 bridgehead atoms. The number of amides is 2. The Morgan fingerprint density at radius 1 is 0.960 bits per heavy atom. The maximum Gasteiger partial charge on any atom is 0.333 e. The molecule has 0 aliphatic rings. The first-order valence-electron chi connectivity index (χ1n) is 7.98. The smallest absolute Gasteiger partial charge is 0.333 e. The Morgan fingerprint density at radius 2 is 1.48 bits per heavy atom. The molecule has 0 radical (unpaired) electrons. The van der Waals surface area contributed by atoms with Crippen molar-refractivity contribution in [2.45, 2.75) is 6.92 Å². The molecule has 0 N–H and O–H groups in total. The second-order valence-corrected chi connectivity index (χ2v) is 5.58. The van der Waals surface area contributed by atoms with E-state index < -0.39 is 5.97 Å². The average Bonchev–Trinajstić information content (AvgIpc) is 2.65. The number of benzene rings is 2. The summed E-state index contributed by atoms with van der Waals surface area (Å²) < 4.78 is 5.14. The Morgan fingerprint density at radius 3 is 2.00 bits per heavy atom. The van der Waals surface area contributed by atoms with Crippen LogP contribution in [0.3, 0.4) is 0 Å². The van der Waals surface area contributed by atoms with Crippen molar-refractivity contribution < 1.29 is 14.3 Å². The number of hydrogen-bond acceptors (Lipinski definition) is 3. The lowest BCUT2D eigenvalue weighted by Gasteiger charge is -2.28. The van der Waals surface area contributed by atoms with Crippen molar-refractivity contribution >= 4 is 23.4 Å². The van der Waals surface area contributed by atoms with E-state index in [2.05, 4.69) is 6.58 Å². The Hall–Kier alpha value is -3.08. The molecule has 0 fully saturated rings. The van der Waals surface area contributed by atoms with Crippen LogP contribution in [0.4, 0.5) is 16.2 Å². The van der Waals surface area contributed by atoms with Gasteiger partial charge in [-0.25, -0.2) is 9.59 Å². The van der Waals surface area contributed by atoms with Crippen LogP contribution in [0.2, 0.25) is 0 Å². The molecule has 2 amide bonds. The Kier molecular flexibility index (Phi) is 6.34. The minimum Gasteiger partial charge on any atom is -0.460 e. The fraction of sp³-hybridized carbons (Fsp3) is 0.200. The van der Waals surface area contributed by atoms with Crippen molar-refractivity contribution in [1.82, 2.24) is 0 Å². The highest BCUT2D eigenvalue weighted by molar-refractivity contribution is 6.03. The third-order valence-electron chi connectivity index (χ3n) is 3.63. The predicted octanol–water partition coefficient (Wildman–Crippen LogP) is 3.87. The molecule has 0 aliphatic carbocycles. The summed E-state index contributed by atoms with van der Waals surface area (Å²) >= 11 is 0. The van der Waals surface area contributed by atoms with Crippen LogP contribution >= 0.6 is 0 Å². The molecule has 5 heteroatoms. The van der Waals surface area contributed by atoms with Gasteiger partial charge in [0.2, 0.25) is 0 Å². The molecule has 0 atom stereocenters. The average molecular weight is 338 g/mol. The first kappa shape index (κ1) is 18.3. The molecule has 0 saturated heterocycles. The summed E-state index contributed by atoms with van der Waals surface area (Å²) in [7, 11) is 1.72. The lowest BCUT2D eigenvalue weighted by Crippen LogP contribution is -2.43. The molecule has 0 unspecified atom stereocenters. The van der Waals surface area contributed by atoms with Crippen molar-refractivity contribution in [3.05, 3.63) is 72.8 Å². The molecule has 0 saturated carbocycles. The third-order valence-corrected chi connectivity index (χ3v) is 3.63. The minimum atomic E-state index is -0.461. The normalized spacial score (nSPS) is 10.0. The first-order chi connectivity index (χ1) is 12.0. The molecule has 2 aromatic rings. The molecule has 5 nitrogen and oxygen atoms in total. The van der Waals surface area contributed by atoms with Crippen LogP contribution < -0.4 is 9.80 Å². The van der Waals surface area contributed by atoms with E-state index in [0.29, 0.717) is 5.57 Å². The number of nitrogens with zero attached hydrogens (tertiary/aromatic N) is 2. The maximum absolute atomic E-state index is 12.9. The van der Waals surface area contributed by atoms with Gasteiger partial charge in [0.05, 0.1) is 6.54 Å². The number of carbonyl (C=O) groups is 2. The molecule has 2 aromatic carbocycles. The van der Waals surface area contributed by atoms with Gasteiger partial charge in [-0.1, -0.05) is 43.0 Å². The second kappa shape index (κ2) is 8.68. The molecule has 130 valence electrons. The number of anilines is 2. The summed E-state index contributed by atoms with van der Waals surface area (Å²) in [4.78, 5) is 27.6. The van der Waals surface area contributed by atoms with Gasteiger partial charge in [-0.2, -0.15) is 0 Å². The number of esters is 1. The summed E-state index contributed by atoms with van der Waals surface area (Å²) in [6.07, 6.45) is 0. The predicted molar refractivity (Wildman–Crippen MR) is 99.8 cm³/mol. The first-order valence-corrected chi connectivity index (χ1v) is 7.98. The fourth-order valence-electron chi connectivity index (χ4n) is 2.24. The van der Waals surface area contributed by atoms with Gasteiger partial charge in [-0.15, -0.1) is 0 Å². The van der Waals surface area contributed by atoms with Crippen LogP contribution in [-0.4, -0.2) is 32.2 Å². The summed E-state index contributed by atoms with van der Waals surface area (Å²) in [5.41, 5.74) is 1.85. The van der Waals surface area contributed by atoms with Gasteiger partial charge in [0.1, 0.15) is 6.61 Å². The van der Waals surface area contributed by atoms with Crippen LogP contribution in [0, 0.1) is 0 Å². The van der Waals surface area contributed by atoms with Crippen LogP contribution in [-0.2, 0) is 9.53 Å². The monoisotopic (exact) mass is 338 g/mol. The van der Waals surface area contributed by atoms with E-state index in [9.17, 15) is 9.59 Å². The Bertz CT molecular complexity index is 729. The van der Waals surface area contributed by atoms with Crippen LogP contribution in [0.5, 0.6) is 0 Å². The number of hydrogen-bond donors (Lipinski definition) is 0. The minimum absolute atomic E-state index is 0.0922. The van der Waals surface area contributed by atoms with Gasteiger partial charge in [-0.3, -0.25) is 9.80 Å². The Labute approximate surface area is 148 Å². The number of rotatable bonds is 6. The van der Waals surface area contributed by atoms with Gasteiger partial charge in [-0.05, 0) is 31.2 Å². The van der Waals surface area contributed by atoms with Crippen LogP contribution in [0.25, 0.3) is 0 Å². The number of carbonyl (C=O) groups excluding carboxylic acids is 2. The molecule has 25 heavy (non-hydrogen) atoms. The van der Waals surface area contributed by atoms with E-state index in [-0.39, 0.29) is 19.2 Å². The van der Waals surface area contributed by atoms with Crippen molar-refractivity contribution in [2.75, 3.05) is 30.0 Å². The van der Waals surface area contributed by atoms with E-state index in [0.717, 1.165) is 11.4 Å². The quantitative estimate of drug-likeness (QED) is 0.593. The SMILES string of the molecule is C=C(C)C(=O)OCCN(C(=O)N(C)c1ccccc1)c1ccccc1. The van der Waals surface area contributed by atoms with E-state index in [1.807, 2.05) is 60.7 Å². The van der Waals surface area contributed by atoms with Crippen LogP contribution in [0.1, 0.15) is 6.92 Å². The summed E-state index contributed by atoms with van der Waals surface area (Å²) in [5.74, 6) is -0.461. The zero-order chi connectivity index (χ0) is 18.2. The van der Waals surface area contributed by atoms with E-state index in [4.69, 9.17) is 4.74 Å². The molecule has 2 rings (SSSR count). The lowest BCUT2D eigenvalue weighted by atomic mass is 10.2. The van der Waals surface area contributed by atoms with E-state index in [1.165, 1.54) is 0 Å². The van der Waals surface area contributed by atoms with Gasteiger partial charge in [0, 0.05) is 24.0 Å². The van der Waals surface area contributed by atoms with Crippen molar-refractivity contribution in [3.8, 4) is 0 Å². The molecule has 0 aliphatic heterocycles. The summed E-state index contributed by atoms with van der Waals surface area (Å²) in [6.45, 7) is 5.48. The van der Waals surface area contributed by atoms with Crippen molar-refractivity contribution in [2.24, 2.45) is 0 Å². The van der Waals surface area contributed by atoms with Crippen LogP contribution in [0.15, 0.2) is 72.8 Å². The second-order valence-electron chi connectivity index (χ2n) is 5.58. The molecule has 0 aromatic heterocycles. The molecular formula is C20H22N2O3. The van der Waals surface area contributed by atoms with E-state index >= 15 is 0 Å². The van der Waals surface area contributed by atoms with Gasteiger partial charge >= 0.3 is 12.0 Å². The Balaban J connectivity index is 2.15. The maximum atomic E-state index is 12.9. The molecule has 0 spiro atoms. The highest BCUT2D eigenvalue weighted by Crippen LogP contribution is 2.19.